The third kappa shape index (κ3) is 1.89. The number of ketones is 1. The van der Waals surface area contributed by atoms with Gasteiger partial charge in [-0.25, -0.2) is 10.2 Å². The highest BCUT2D eigenvalue weighted by atomic mass is 79.9. The third-order valence-electron chi connectivity index (χ3n) is 2.48. The van der Waals surface area contributed by atoms with E-state index in [1.807, 2.05) is 5.43 Å². The van der Waals surface area contributed by atoms with Gasteiger partial charge in [-0.1, -0.05) is 0 Å². The molecule has 1 aliphatic heterocycles. The Labute approximate surface area is 109 Å². The fourth-order valence-electron chi connectivity index (χ4n) is 1.63. The molecule has 0 unspecified atom stereocenters. The van der Waals surface area contributed by atoms with E-state index in [0.29, 0.717) is 0 Å². The molecule has 8 heteroatoms. The van der Waals surface area contributed by atoms with Crippen molar-refractivity contribution in [2.45, 2.75) is 0 Å². The summed E-state index contributed by atoms with van der Waals surface area (Å²) in [5, 5.41) is 0. The van der Waals surface area contributed by atoms with Crippen LogP contribution in [0.3, 0.4) is 0 Å². The zero-order chi connectivity index (χ0) is 13.4. The lowest BCUT2D eigenvalue weighted by molar-refractivity contribution is -0.122. The molecular weight excluding hydrogens is 309 g/mol. The van der Waals surface area contributed by atoms with Crippen molar-refractivity contribution in [2.24, 2.45) is 5.84 Å². The first-order valence-electron chi connectivity index (χ1n) is 4.80. The molecule has 6 nitrogen and oxygen atoms in total. The lowest BCUT2D eigenvalue weighted by Crippen LogP contribution is -2.42. The summed E-state index contributed by atoms with van der Waals surface area (Å²) in [5.41, 5.74) is 1.95. The molecule has 1 heterocycles. The zero-order valence-corrected chi connectivity index (χ0v) is 10.5. The van der Waals surface area contributed by atoms with E-state index in [4.69, 9.17) is 5.84 Å². The maximum absolute atomic E-state index is 13.4. The standard InChI is InChI=1S/C10H7BrFN3O3/c11-5-1-4-7(2-6(5)12)15(3-8(16)14-13)10(18)9(4)17/h1-2H,3,13H2,(H,14,16). The summed E-state index contributed by atoms with van der Waals surface area (Å²) in [6.07, 6.45) is 0. The van der Waals surface area contributed by atoms with E-state index < -0.39 is 30.0 Å². The number of carbonyl (C=O) groups is 3. The van der Waals surface area contributed by atoms with Crippen molar-refractivity contribution in [3.63, 3.8) is 0 Å². The number of fused-ring (bicyclic) bond motifs is 1. The van der Waals surface area contributed by atoms with Gasteiger partial charge in [0.2, 0.25) is 0 Å². The third-order valence-corrected chi connectivity index (χ3v) is 3.08. The first-order valence-corrected chi connectivity index (χ1v) is 5.59. The quantitative estimate of drug-likeness (QED) is 0.350. The molecule has 1 aromatic carbocycles. The number of Topliss-reactive ketones (excluding diaryl/α,β-unsaturated/α-hetero) is 1. The molecule has 0 bridgehead atoms. The predicted octanol–water partition coefficient (Wildman–Crippen LogP) is 0.107. The second-order valence-corrected chi connectivity index (χ2v) is 4.43. The summed E-state index contributed by atoms with van der Waals surface area (Å²) >= 11 is 2.92. The molecule has 18 heavy (non-hydrogen) atoms. The van der Waals surface area contributed by atoms with Crippen LogP contribution in [0.5, 0.6) is 0 Å². The molecule has 0 fully saturated rings. The highest BCUT2D eigenvalue weighted by Crippen LogP contribution is 2.32. The second kappa shape index (κ2) is 4.46. The SMILES string of the molecule is NNC(=O)CN1C(=O)C(=O)c2cc(Br)c(F)cc21. The summed E-state index contributed by atoms with van der Waals surface area (Å²) in [6, 6.07) is 2.23. The van der Waals surface area contributed by atoms with E-state index in [9.17, 15) is 18.8 Å². The van der Waals surface area contributed by atoms with Gasteiger partial charge in [0.1, 0.15) is 12.4 Å². The van der Waals surface area contributed by atoms with E-state index in [0.717, 1.165) is 11.0 Å². The van der Waals surface area contributed by atoms with Gasteiger partial charge in [-0.2, -0.15) is 0 Å². The number of rotatable bonds is 2. The Morgan fingerprint density at radius 1 is 1.44 bits per heavy atom. The van der Waals surface area contributed by atoms with Crippen LogP contribution in [0.25, 0.3) is 0 Å². The van der Waals surface area contributed by atoms with Gasteiger partial charge in [0, 0.05) is 0 Å². The van der Waals surface area contributed by atoms with Crippen molar-refractivity contribution in [3.8, 4) is 0 Å². The smallest absolute Gasteiger partial charge is 0.295 e. The van der Waals surface area contributed by atoms with Crippen LogP contribution in [-0.2, 0) is 9.59 Å². The highest BCUT2D eigenvalue weighted by molar-refractivity contribution is 9.10. The van der Waals surface area contributed by atoms with Gasteiger partial charge in [0.25, 0.3) is 17.6 Å². The molecular formula is C10H7BrFN3O3. The van der Waals surface area contributed by atoms with Crippen LogP contribution in [0.1, 0.15) is 10.4 Å². The Bertz CT molecular complexity index is 576. The molecule has 94 valence electrons. The van der Waals surface area contributed by atoms with Crippen LogP contribution in [0.4, 0.5) is 10.1 Å². The first kappa shape index (κ1) is 12.7. The van der Waals surface area contributed by atoms with Gasteiger partial charge < -0.3 is 0 Å². The monoisotopic (exact) mass is 315 g/mol. The zero-order valence-electron chi connectivity index (χ0n) is 8.87. The lowest BCUT2D eigenvalue weighted by atomic mass is 10.1. The van der Waals surface area contributed by atoms with E-state index >= 15 is 0 Å². The van der Waals surface area contributed by atoms with Gasteiger partial charge in [0.15, 0.2) is 0 Å². The molecule has 0 atom stereocenters. The average molecular weight is 316 g/mol. The minimum Gasteiger partial charge on any atom is -0.295 e. The maximum Gasteiger partial charge on any atom is 0.299 e. The number of halogens is 2. The second-order valence-electron chi connectivity index (χ2n) is 3.57. The van der Waals surface area contributed by atoms with E-state index in [-0.39, 0.29) is 15.7 Å². The fraction of sp³-hybridized carbons (Fsp3) is 0.100. The largest absolute Gasteiger partial charge is 0.299 e. The summed E-state index contributed by atoms with van der Waals surface area (Å²) in [6.45, 7) is -0.435. The van der Waals surface area contributed by atoms with Crippen LogP contribution in [0.2, 0.25) is 0 Å². The van der Waals surface area contributed by atoms with Crippen LogP contribution < -0.4 is 16.2 Å². The Kier molecular flexibility index (Phi) is 3.14. The molecule has 2 rings (SSSR count). The number of nitrogens with one attached hydrogen (secondary N) is 1. The number of hydrazine groups is 1. The normalized spacial score (nSPS) is 13.8. The number of benzene rings is 1. The molecule has 3 N–H and O–H groups in total. The van der Waals surface area contributed by atoms with Crippen molar-refractivity contribution in [2.75, 3.05) is 11.4 Å². The minimum absolute atomic E-state index is 0.0538. The number of nitrogens with two attached hydrogens (primary N) is 1. The molecule has 1 aliphatic rings. The van der Waals surface area contributed by atoms with Crippen molar-refractivity contribution < 1.29 is 18.8 Å². The van der Waals surface area contributed by atoms with Crippen molar-refractivity contribution in [1.82, 2.24) is 5.43 Å². The number of carbonyl (C=O) groups excluding carboxylic acids is 3. The summed E-state index contributed by atoms with van der Waals surface area (Å²) in [4.78, 5) is 35.3. The molecule has 0 aromatic heterocycles. The van der Waals surface area contributed by atoms with Gasteiger partial charge in [-0.3, -0.25) is 24.7 Å². The van der Waals surface area contributed by atoms with Crippen LogP contribution >= 0.6 is 15.9 Å². The number of hydrogen-bond donors (Lipinski definition) is 2. The number of amides is 2. The molecule has 0 aliphatic carbocycles. The van der Waals surface area contributed by atoms with Crippen molar-refractivity contribution >= 4 is 39.2 Å². The topological polar surface area (TPSA) is 92.5 Å². The van der Waals surface area contributed by atoms with E-state index in [1.54, 1.807) is 0 Å². The Balaban J connectivity index is 2.48. The van der Waals surface area contributed by atoms with Crippen molar-refractivity contribution in [1.29, 1.82) is 0 Å². The maximum atomic E-state index is 13.4. The van der Waals surface area contributed by atoms with Gasteiger partial charge in [-0.05, 0) is 28.1 Å². The van der Waals surface area contributed by atoms with E-state index in [1.165, 1.54) is 6.07 Å². The molecule has 2 amide bonds. The van der Waals surface area contributed by atoms with E-state index in [2.05, 4.69) is 15.9 Å². The average Bonchev–Trinajstić information content (AvgIpc) is 2.56. The minimum atomic E-state index is -0.883. The number of nitrogens with zero attached hydrogens (tertiary/aromatic N) is 1. The lowest BCUT2D eigenvalue weighted by Gasteiger charge is -2.15. The highest BCUT2D eigenvalue weighted by Gasteiger charge is 2.37. The van der Waals surface area contributed by atoms with Crippen LogP contribution in [0, 0.1) is 5.82 Å². The van der Waals surface area contributed by atoms with Gasteiger partial charge >= 0.3 is 0 Å². The molecule has 0 saturated heterocycles. The molecule has 1 aromatic rings. The molecule has 0 radical (unpaired) electrons. The van der Waals surface area contributed by atoms with Gasteiger partial charge in [0.05, 0.1) is 15.7 Å². The Morgan fingerprint density at radius 3 is 2.72 bits per heavy atom. The summed E-state index contributed by atoms with van der Waals surface area (Å²) < 4.78 is 13.5. The van der Waals surface area contributed by atoms with Crippen LogP contribution in [0.15, 0.2) is 16.6 Å². The molecule has 0 spiro atoms. The number of hydrogen-bond acceptors (Lipinski definition) is 4. The summed E-state index contributed by atoms with van der Waals surface area (Å²) in [7, 11) is 0. The first-order chi connectivity index (χ1) is 8.45. The Morgan fingerprint density at radius 2 is 2.11 bits per heavy atom. The number of anilines is 1. The van der Waals surface area contributed by atoms with Gasteiger partial charge in [-0.15, -0.1) is 0 Å². The fourth-order valence-corrected chi connectivity index (χ4v) is 1.98. The summed E-state index contributed by atoms with van der Waals surface area (Å²) in [5.74, 6) is 1.94. The molecule has 0 saturated carbocycles. The Hall–Kier alpha value is -1.80. The predicted molar refractivity (Wildman–Crippen MR) is 63.1 cm³/mol. The van der Waals surface area contributed by atoms with Crippen LogP contribution in [-0.4, -0.2) is 24.1 Å². The van der Waals surface area contributed by atoms with Crippen molar-refractivity contribution in [3.05, 3.63) is 28.0 Å².